The van der Waals surface area contributed by atoms with Crippen molar-refractivity contribution in [2.75, 3.05) is 19.7 Å². The smallest absolute Gasteiger partial charge is 0.0959 e. The Kier molecular flexibility index (Phi) is 2.96. The molecule has 1 aliphatic carbocycles. The predicted octanol–water partition coefficient (Wildman–Crippen LogP) is 1.83. The maximum atomic E-state index is 9.09. The average molecular weight is 238 g/mol. The molecule has 3 rings (SSSR count). The number of hydrogen-bond donors (Lipinski definition) is 1. The standard InChI is InChI=1S/C12H18N2OS/c15-7-9-3-4-14(5-9)6-11-8-16-12(13-11)10-1-2-10/h8-10,15H,1-7H2. The highest BCUT2D eigenvalue weighted by atomic mass is 32.1. The van der Waals surface area contributed by atoms with Crippen LogP contribution in [0.1, 0.15) is 35.9 Å². The third-order valence-electron chi connectivity index (χ3n) is 3.51. The quantitative estimate of drug-likeness (QED) is 0.869. The van der Waals surface area contributed by atoms with E-state index in [0.717, 1.165) is 32.0 Å². The van der Waals surface area contributed by atoms with Crippen molar-refractivity contribution in [3.05, 3.63) is 16.1 Å². The SMILES string of the molecule is OCC1CCN(Cc2csc(C3CC3)n2)C1. The van der Waals surface area contributed by atoms with Gasteiger partial charge in [-0.05, 0) is 31.7 Å². The molecule has 1 saturated carbocycles. The largest absolute Gasteiger partial charge is 0.396 e. The van der Waals surface area contributed by atoms with Crippen molar-refractivity contribution in [3.8, 4) is 0 Å². The minimum Gasteiger partial charge on any atom is -0.396 e. The van der Waals surface area contributed by atoms with E-state index >= 15 is 0 Å². The van der Waals surface area contributed by atoms with Gasteiger partial charge in [0.25, 0.3) is 0 Å². The minimum absolute atomic E-state index is 0.334. The molecule has 1 aromatic rings. The van der Waals surface area contributed by atoms with E-state index in [1.807, 2.05) is 11.3 Å². The van der Waals surface area contributed by atoms with Crippen LogP contribution in [0.3, 0.4) is 0 Å². The fraction of sp³-hybridized carbons (Fsp3) is 0.750. The Balaban J connectivity index is 1.57. The van der Waals surface area contributed by atoms with Gasteiger partial charge in [0.15, 0.2) is 0 Å². The summed E-state index contributed by atoms with van der Waals surface area (Å²) in [5, 5.41) is 12.6. The Morgan fingerprint density at radius 2 is 2.31 bits per heavy atom. The van der Waals surface area contributed by atoms with Crippen LogP contribution in [0.15, 0.2) is 5.38 Å². The first-order chi connectivity index (χ1) is 7.85. The van der Waals surface area contributed by atoms with Crippen molar-refractivity contribution in [2.24, 2.45) is 5.92 Å². The second-order valence-electron chi connectivity index (χ2n) is 5.02. The molecule has 0 aromatic carbocycles. The van der Waals surface area contributed by atoms with Crippen LogP contribution in [0.2, 0.25) is 0 Å². The van der Waals surface area contributed by atoms with E-state index in [1.165, 1.54) is 23.5 Å². The van der Waals surface area contributed by atoms with E-state index in [9.17, 15) is 0 Å². The van der Waals surface area contributed by atoms with Crippen LogP contribution in [0.4, 0.5) is 0 Å². The van der Waals surface area contributed by atoms with Crippen LogP contribution in [-0.4, -0.2) is 34.7 Å². The van der Waals surface area contributed by atoms with Gasteiger partial charge >= 0.3 is 0 Å². The monoisotopic (exact) mass is 238 g/mol. The summed E-state index contributed by atoms with van der Waals surface area (Å²) in [6.07, 6.45) is 3.81. The van der Waals surface area contributed by atoms with Gasteiger partial charge in [-0.15, -0.1) is 11.3 Å². The van der Waals surface area contributed by atoms with Crippen molar-refractivity contribution < 1.29 is 5.11 Å². The molecule has 2 heterocycles. The summed E-state index contributed by atoms with van der Waals surface area (Å²) in [6, 6.07) is 0. The van der Waals surface area contributed by atoms with Gasteiger partial charge < -0.3 is 5.11 Å². The molecule has 2 aliphatic rings. The second-order valence-corrected chi connectivity index (χ2v) is 5.91. The van der Waals surface area contributed by atoms with E-state index in [4.69, 9.17) is 10.1 Å². The Bertz CT molecular complexity index is 362. The number of thiazole rings is 1. The number of rotatable bonds is 4. The first-order valence-corrected chi connectivity index (χ1v) is 7.00. The molecule has 0 amide bonds. The molecule has 1 aromatic heterocycles. The van der Waals surface area contributed by atoms with Crippen molar-refractivity contribution in [1.29, 1.82) is 0 Å². The van der Waals surface area contributed by atoms with E-state index in [-0.39, 0.29) is 0 Å². The Labute approximate surface area is 100 Å². The lowest BCUT2D eigenvalue weighted by molar-refractivity contribution is 0.219. The van der Waals surface area contributed by atoms with Crippen LogP contribution in [0, 0.1) is 5.92 Å². The molecule has 4 heteroatoms. The maximum absolute atomic E-state index is 9.09. The highest BCUT2D eigenvalue weighted by molar-refractivity contribution is 7.09. The summed E-state index contributed by atoms with van der Waals surface area (Å²) in [7, 11) is 0. The summed E-state index contributed by atoms with van der Waals surface area (Å²) in [5.41, 5.74) is 1.23. The molecule has 1 N–H and O–H groups in total. The predicted molar refractivity (Wildman–Crippen MR) is 64.6 cm³/mol. The van der Waals surface area contributed by atoms with Crippen molar-refractivity contribution >= 4 is 11.3 Å². The average Bonchev–Trinajstić information content (AvgIpc) is 2.88. The Morgan fingerprint density at radius 1 is 1.44 bits per heavy atom. The highest BCUT2D eigenvalue weighted by Crippen LogP contribution is 2.41. The number of aliphatic hydroxyl groups excluding tert-OH is 1. The van der Waals surface area contributed by atoms with Gasteiger partial charge in [0.2, 0.25) is 0 Å². The number of nitrogens with zero attached hydrogens (tertiary/aromatic N) is 2. The fourth-order valence-electron chi connectivity index (χ4n) is 2.35. The molecule has 88 valence electrons. The first kappa shape index (κ1) is 10.7. The molecule has 1 saturated heterocycles. The van der Waals surface area contributed by atoms with Crippen LogP contribution >= 0.6 is 11.3 Å². The van der Waals surface area contributed by atoms with E-state index < -0.39 is 0 Å². The van der Waals surface area contributed by atoms with Crippen molar-refractivity contribution in [1.82, 2.24) is 9.88 Å². The van der Waals surface area contributed by atoms with Gasteiger partial charge in [0, 0.05) is 31.0 Å². The van der Waals surface area contributed by atoms with Crippen molar-refractivity contribution in [3.63, 3.8) is 0 Å². The number of aliphatic hydroxyl groups is 1. The summed E-state index contributed by atoms with van der Waals surface area (Å²) >= 11 is 1.82. The molecule has 0 bridgehead atoms. The summed E-state index contributed by atoms with van der Waals surface area (Å²) < 4.78 is 0. The zero-order valence-corrected chi connectivity index (χ0v) is 10.2. The van der Waals surface area contributed by atoms with E-state index in [0.29, 0.717) is 12.5 Å². The van der Waals surface area contributed by atoms with Gasteiger partial charge in [-0.3, -0.25) is 4.90 Å². The minimum atomic E-state index is 0.334. The summed E-state index contributed by atoms with van der Waals surface area (Å²) in [5.74, 6) is 1.27. The molecule has 3 nitrogen and oxygen atoms in total. The lowest BCUT2D eigenvalue weighted by Crippen LogP contribution is -2.21. The third-order valence-corrected chi connectivity index (χ3v) is 4.57. The summed E-state index contributed by atoms with van der Waals surface area (Å²) in [6.45, 7) is 3.45. The normalized spacial score (nSPS) is 26.4. The zero-order valence-electron chi connectivity index (χ0n) is 9.43. The van der Waals surface area contributed by atoms with Gasteiger partial charge in [0.1, 0.15) is 0 Å². The van der Waals surface area contributed by atoms with Gasteiger partial charge in [-0.1, -0.05) is 0 Å². The fourth-order valence-corrected chi connectivity index (χ4v) is 3.33. The third kappa shape index (κ3) is 2.29. The van der Waals surface area contributed by atoms with E-state index in [1.54, 1.807) is 0 Å². The van der Waals surface area contributed by atoms with Crippen molar-refractivity contribution in [2.45, 2.75) is 31.7 Å². The lowest BCUT2D eigenvalue weighted by atomic mass is 10.1. The zero-order chi connectivity index (χ0) is 11.0. The Morgan fingerprint density at radius 3 is 3.00 bits per heavy atom. The molecular formula is C12H18N2OS. The van der Waals surface area contributed by atoms with Gasteiger partial charge in [0.05, 0.1) is 10.7 Å². The van der Waals surface area contributed by atoms with E-state index in [2.05, 4.69) is 10.3 Å². The topological polar surface area (TPSA) is 36.4 Å². The Hall–Kier alpha value is -0.450. The molecule has 0 spiro atoms. The summed E-state index contributed by atoms with van der Waals surface area (Å²) in [4.78, 5) is 7.11. The first-order valence-electron chi connectivity index (χ1n) is 6.12. The molecule has 0 radical (unpaired) electrons. The molecule has 1 unspecified atom stereocenters. The highest BCUT2D eigenvalue weighted by Gasteiger charge is 2.27. The molecule has 2 fully saturated rings. The van der Waals surface area contributed by atoms with Crippen LogP contribution in [0.25, 0.3) is 0 Å². The van der Waals surface area contributed by atoms with Crippen LogP contribution < -0.4 is 0 Å². The van der Waals surface area contributed by atoms with Crippen LogP contribution in [0.5, 0.6) is 0 Å². The van der Waals surface area contributed by atoms with Crippen LogP contribution in [-0.2, 0) is 6.54 Å². The number of hydrogen-bond acceptors (Lipinski definition) is 4. The van der Waals surface area contributed by atoms with Gasteiger partial charge in [-0.2, -0.15) is 0 Å². The number of likely N-dealkylation sites (tertiary alicyclic amines) is 1. The maximum Gasteiger partial charge on any atom is 0.0959 e. The molecule has 1 atom stereocenters. The molecule has 1 aliphatic heterocycles. The molecular weight excluding hydrogens is 220 g/mol. The lowest BCUT2D eigenvalue weighted by Gasteiger charge is -2.13. The number of aromatic nitrogens is 1. The van der Waals surface area contributed by atoms with Gasteiger partial charge in [-0.25, -0.2) is 4.98 Å². The second kappa shape index (κ2) is 4.43. The molecule has 16 heavy (non-hydrogen) atoms.